The van der Waals surface area contributed by atoms with Crippen molar-refractivity contribution in [1.29, 1.82) is 0 Å². The molecule has 1 N–H and O–H groups in total. The Hall–Kier alpha value is -2.56. The number of nitrogens with one attached hydrogen (secondary N) is 1. The highest BCUT2D eigenvalue weighted by atomic mass is 16.5. The van der Waals surface area contributed by atoms with Crippen LogP contribution < -0.4 is 10.5 Å². The average molecular weight is 312 g/mol. The van der Waals surface area contributed by atoms with Gasteiger partial charge in [0.15, 0.2) is 0 Å². The second-order valence-corrected chi connectivity index (χ2v) is 5.92. The number of para-hydroxylation sites is 1. The summed E-state index contributed by atoms with van der Waals surface area (Å²) >= 11 is 0. The molecule has 0 aliphatic carbocycles. The Morgan fingerprint density at radius 3 is 2.78 bits per heavy atom. The molecule has 0 saturated carbocycles. The van der Waals surface area contributed by atoms with Crippen molar-refractivity contribution >= 4 is 11.7 Å². The SMILES string of the molecule is Cc1ccc(C(=O)OC[C@H]2CCN(c3ccccc3)C2)c(=O)[nH]1. The molecule has 1 aromatic carbocycles. The molecule has 1 aromatic heterocycles. The minimum atomic E-state index is -0.551. The smallest absolute Gasteiger partial charge is 0.343 e. The van der Waals surface area contributed by atoms with Gasteiger partial charge in [-0.05, 0) is 37.6 Å². The maximum Gasteiger partial charge on any atom is 0.343 e. The quantitative estimate of drug-likeness (QED) is 0.880. The minimum Gasteiger partial charge on any atom is -0.462 e. The van der Waals surface area contributed by atoms with Gasteiger partial charge >= 0.3 is 5.97 Å². The van der Waals surface area contributed by atoms with E-state index in [4.69, 9.17) is 4.74 Å². The van der Waals surface area contributed by atoms with E-state index in [0.717, 1.165) is 25.2 Å². The number of carbonyl (C=O) groups is 1. The number of benzene rings is 1. The van der Waals surface area contributed by atoms with Crippen LogP contribution in [-0.2, 0) is 4.74 Å². The third-order valence-electron chi connectivity index (χ3n) is 4.13. The Morgan fingerprint density at radius 1 is 1.26 bits per heavy atom. The van der Waals surface area contributed by atoms with Crippen LogP contribution in [0.1, 0.15) is 22.5 Å². The van der Waals surface area contributed by atoms with Crippen molar-refractivity contribution in [2.45, 2.75) is 13.3 Å². The Morgan fingerprint density at radius 2 is 2.04 bits per heavy atom. The number of pyridine rings is 1. The summed E-state index contributed by atoms with van der Waals surface area (Å²) in [4.78, 5) is 28.7. The van der Waals surface area contributed by atoms with Crippen molar-refractivity contribution in [3.63, 3.8) is 0 Å². The first-order valence-corrected chi connectivity index (χ1v) is 7.80. The number of ether oxygens (including phenoxy) is 1. The lowest BCUT2D eigenvalue weighted by Crippen LogP contribution is -2.24. The predicted octanol–water partition coefficient (Wildman–Crippen LogP) is 2.37. The lowest BCUT2D eigenvalue weighted by atomic mass is 10.1. The highest BCUT2D eigenvalue weighted by Gasteiger charge is 2.24. The van der Waals surface area contributed by atoms with Crippen molar-refractivity contribution in [2.24, 2.45) is 5.92 Å². The monoisotopic (exact) mass is 312 g/mol. The minimum absolute atomic E-state index is 0.0634. The lowest BCUT2D eigenvalue weighted by Gasteiger charge is -2.18. The van der Waals surface area contributed by atoms with Crippen molar-refractivity contribution in [3.8, 4) is 0 Å². The van der Waals surface area contributed by atoms with Gasteiger partial charge in [-0.1, -0.05) is 18.2 Å². The molecular weight excluding hydrogens is 292 g/mol. The number of anilines is 1. The van der Waals surface area contributed by atoms with Gasteiger partial charge in [0.05, 0.1) is 6.61 Å². The Kier molecular flexibility index (Phi) is 4.46. The summed E-state index contributed by atoms with van der Waals surface area (Å²) in [6.45, 7) is 3.93. The number of hydrogen-bond donors (Lipinski definition) is 1. The van der Waals surface area contributed by atoms with Crippen LogP contribution in [0.5, 0.6) is 0 Å². The fraction of sp³-hybridized carbons (Fsp3) is 0.333. The molecule has 5 nitrogen and oxygen atoms in total. The molecule has 120 valence electrons. The van der Waals surface area contributed by atoms with Gasteiger partial charge in [-0.15, -0.1) is 0 Å². The van der Waals surface area contributed by atoms with Crippen molar-refractivity contribution in [1.82, 2.24) is 4.98 Å². The molecule has 0 bridgehead atoms. The Bertz CT molecular complexity index is 739. The van der Waals surface area contributed by atoms with Gasteiger partial charge in [-0.25, -0.2) is 4.79 Å². The van der Waals surface area contributed by atoms with Gasteiger partial charge in [-0.2, -0.15) is 0 Å². The molecule has 1 fully saturated rings. The number of aryl methyl sites for hydroxylation is 1. The van der Waals surface area contributed by atoms with E-state index in [2.05, 4.69) is 22.0 Å². The van der Waals surface area contributed by atoms with E-state index in [-0.39, 0.29) is 5.56 Å². The topological polar surface area (TPSA) is 62.4 Å². The number of hydrogen-bond acceptors (Lipinski definition) is 4. The van der Waals surface area contributed by atoms with Crippen LogP contribution in [0, 0.1) is 12.8 Å². The number of nitrogens with zero attached hydrogens (tertiary/aromatic N) is 1. The Labute approximate surface area is 134 Å². The lowest BCUT2D eigenvalue weighted by molar-refractivity contribution is 0.0449. The predicted molar refractivity (Wildman–Crippen MR) is 88.8 cm³/mol. The second-order valence-electron chi connectivity index (χ2n) is 5.92. The van der Waals surface area contributed by atoms with E-state index >= 15 is 0 Å². The molecule has 0 unspecified atom stereocenters. The van der Waals surface area contributed by atoms with Gasteiger partial charge in [0.2, 0.25) is 0 Å². The van der Waals surface area contributed by atoms with E-state index in [9.17, 15) is 9.59 Å². The van der Waals surface area contributed by atoms with Crippen molar-refractivity contribution in [2.75, 3.05) is 24.6 Å². The van der Waals surface area contributed by atoms with E-state index in [1.54, 1.807) is 13.0 Å². The van der Waals surface area contributed by atoms with E-state index in [1.807, 2.05) is 18.2 Å². The average Bonchev–Trinajstić information content (AvgIpc) is 3.02. The third kappa shape index (κ3) is 3.62. The maximum absolute atomic E-state index is 12.0. The van der Waals surface area contributed by atoms with Crippen molar-refractivity contribution in [3.05, 3.63) is 64.1 Å². The van der Waals surface area contributed by atoms with E-state index in [1.165, 1.54) is 11.8 Å². The van der Waals surface area contributed by atoms with Gasteiger partial charge in [0, 0.05) is 30.4 Å². The van der Waals surface area contributed by atoms with Crippen LogP contribution in [0.3, 0.4) is 0 Å². The first kappa shape index (κ1) is 15.3. The number of rotatable bonds is 4. The van der Waals surface area contributed by atoms with Gasteiger partial charge < -0.3 is 14.6 Å². The summed E-state index contributed by atoms with van der Waals surface area (Å²) in [5.74, 6) is -0.256. The largest absolute Gasteiger partial charge is 0.462 e. The molecule has 1 saturated heterocycles. The first-order valence-electron chi connectivity index (χ1n) is 7.80. The molecule has 1 aliphatic heterocycles. The fourth-order valence-electron chi connectivity index (χ4n) is 2.85. The second kappa shape index (κ2) is 6.69. The van der Waals surface area contributed by atoms with Crippen LogP contribution in [0.4, 0.5) is 5.69 Å². The van der Waals surface area contributed by atoms with Gasteiger partial charge in [-0.3, -0.25) is 4.79 Å². The summed E-state index contributed by atoms with van der Waals surface area (Å²) in [7, 11) is 0. The summed E-state index contributed by atoms with van der Waals surface area (Å²) in [6.07, 6.45) is 0.979. The summed E-state index contributed by atoms with van der Waals surface area (Å²) in [5.41, 5.74) is 1.58. The normalized spacial score (nSPS) is 17.3. The molecular formula is C18H20N2O3. The molecule has 2 aromatic rings. The molecule has 1 aliphatic rings. The number of esters is 1. The van der Waals surface area contributed by atoms with Gasteiger partial charge in [0.1, 0.15) is 5.56 Å². The van der Waals surface area contributed by atoms with Crippen LogP contribution >= 0.6 is 0 Å². The van der Waals surface area contributed by atoms with E-state index < -0.39 is 11.5 Å². The van der Waals surface area contributed by atoms with E-state index in [0.29, 0.717) is 12.5 Å². The molecule has 3 rings (SSSR count). The molecule has 0 radical (unpaired) electrons. The van der Waals surface area contributed by atoms with Crippen molar-refractivity contribution < 1.29 is 9.53 Å². The molecule has 5 heteroatoms. The first-order chi connectivity index (χ1) is 11.1. The zero-order valence-corrected chi connectivity index (χ0v) is 13.1. The van der Waals surface area contributed by atoms with Crippen LogP contribution in [0.25, 0.3) is 0 Å². The molecule has 0 amide bonds. The number of carbonyl (C=O) groups excluding carboxylic acids is 1. The standard InChI is InChI=1S/C18H20N2O3/c1-13-7-8-16(17(21)19-13)18(22)23-12-14-9-10-20(11-14)15-5-3-2-4-6-15/h2-8,14H,9-12H2,1H3,(H,19,21)/t14-/m0/s1. The molecule has 0 spiro atoms. The maximum atomic E-state index is 12.0. The van der Waals surface area contributed by atoms with Crippen LogP contribution in [0.15, 0.2) is 47.3 Å². The summed E-state index contributed by atoms with van der Waals surface area (Å²) < 4.78 is 5.33. The zero-order valence-electron chi connectivity index (χ0n) is 13.1. The Balaban J connectivity index is 1.55. The summed E-state index contributed by atoms with van der Waals surface area (Å²) in [5, 5.41) is 0. The zero-order chi connectivity index (χ0) is 16.2. The number of aromatic amines is 1. The van der Waals surface area contributed by atoms with Gasteiger partial charge in [0.25, 0.3) is 5.56 Å². The molecule has 23 heavy (non-hydrogen) atoms. The third-order valence-corrected chi connectivity index (χ3v) is 4.13. The number of aromatic nitrogens is 1. The highest BCUT2D eigenvalue weighted by Crippen LogP contribution is 2.23. The molecule has 1 atom stereocenters. The van der Waals surface area contributed by atoms with Crippen LogP contribution in [0.2, 0.25) is 0 Å². The molecule has 2 heterocycles. The highest BCUT2D eigenvalue weighted by molar-refractivity contribution is 5.88. The fourth-order valence-corrected chi connectivity index (χ4v) is 2.85. The number of H-pyrrole nitrogens is 1. The summed E-state index contributed by atoms with van der Waals surface area (Å²) in [6, 6.07) is 13.4. The van der Waals surface area contributed by atoms with Crippen LogP contribution in [-0.4, -0.2) is 30.6 Å².